The summed E-state index contributed by atoms with van der Waals surface area (Å²) >= 11 is 0. The number of nitro benzene ring substituents is 1. The number of ether oxygens (including phenoxy) is 4. The first-order valence-electron chi connectivity index (χ1n) is 7.64. The van der Waals surface area contributed by atoms with Crippen LogP contribution in [0.2, 0.25) is 0 Å². The number of nitrogens with zero attached hydrogens (tertiary/aromatic N) is 1. The molecule has 0 saturated heterocycles. The third-order valence-electron chi connectivity index (χ3n) is 3.61. The number of esters is 1. The Morgan fingerprint density at radius 1 is 1.00 bits per heavy atom. The van der Waals surface area contributed by atoms with Crippen molar-refractivity contribution in [3.05, 3.63) is 51.6 Å². The second kappa shape index (κ2) is 8.19. The van der Waals surface area contributed by atoms with Crippen LogP contribution in [0.4, 0.5) is 5.69 Å². The Morgan fingerprint density at radius 2 is 1.62 bits per heavy atom. The van der Waals surface area contributed by atoms with Crippen LogP contribution in [0.5, 0.6) is 23.0 Å². The molecule has 0 atom stereocenters. The van der Waals surface area contributed by atoms with Crippen molar-refractivity contribution in [2.45, 2.75) is 13.3 Å². The lowest BCUT2D eigenvalue weighted by Gasteiger charge is -2.14. The zero-order chi connectivity index (χ0) is 19.3. The minimum atomic E-state index is -0.645. The van der Waals surface area contributed by atoms with E-state index in [-0.39, 0.29) is 17.9 Å². The first-order chi connectivity index (χ1) is 12.4. The Kier molecular flexibility index (Phi) is 6.00. The van der Waals surface area contributed by atoms with E-state index in [4.69, 9.17) is 18.9 Å². The summed E-state index contributed by atoms with van der Waals surface area (Å²) in [4.78, 5) is 22.7. The van der Waals surface area contributed by atoms with Gasteiger partial charge in [0.25, 0.3) is 0 Å². The van der Waals surface area contributed by atoms with Gasteiger partial charge in [-0.25, -0.2) is 0 Å². The van der Waals surface area contributed by atoms with Gasteiger partial charge in [0.1, 0.15) is 0 Å². The zero-order valence-electron chi connectivity index (χ0n) is 14.9. The molecule has 0 N–H and O–H groups in total. The summed E-state index contributed by atoms with van der Waals surface area (Å²) in [5.41, 5.74) is 1.03. The molecule has 0 spiro atoms. The highest BCUT2D eigenvalue weighted by Gasteiger charge is 2.20. The van der Waals surface area contributed by atoms with Crippen LogP contribution >= 0.6 is 0 Å². The molecule has 8 nitrogen and oxygen atoms in total. The van der Waals surface area contributed by atoms with Crippen molar-refractivity contribution in [2.24, 2.45) is 0 Å². The van der Waals surface area contributed by atoms with Crippen LogP contribution in [0.1, 0.15) is 11.1 Å². The van der Waals surface area contributed by atoms with Gasteiger partial charge in [0.05, 0.1) is 32.7 Å². The highest BCUT2D eigenvalue weighted by atomic mass is 16.6. The van der Waals surface area contributed by atoms with E-state index >= 15 is 0 Å². The Bertz CT molecular complexity index is 807. The lowest BCUT2D eigenvalue weighted by Crippen LogP contribution is -2.12. The van der Waals surface area contributed by atoms with E-state index in [9.17, 15) is 14.9 Å². The van der Waals surface area contributed by atoms with E-state index in [1.165, 1.54) is 33.5 Å². The molecule has 0 aliphatic rings. The Labute approximate surface area is 150 Å². The maximum Gasteiger partial charge on any atom is 0.315 e. The Balaban J connectivity index is 2.26. The van der Waals surface area contributed by atoms with Crippen LogP contribution in [0, 0.1) is 17.0 Å². The summed E-state index contributed by atoms with van der Waals surface area (Å²) in [6.07, 6.45) is -0.123. The topological polar surface area (TPSA) is 97.1 Å². The minimum absolute atomic E-state index is 0.0903. The average Bonchev–Trinajstić information content (AvgIpc) is 2.60. The van der Waals surface area contributed by atoms with Crippen LogP contribution in [0.3, 0.4) is 0 Å². The van der Waals surface area contributed by atoms with Gasteiger partial charge >= 0.3 is 11.7 Å². The van der Waals surface area contributed by atoms with Gasteiger partial charge in [-0.05, 0) is 36.2 Å². The number of nitro groups is 1. The fourth-order valence-electron chi connectivity index (χ4n) is 2.42. The number of carbonyl (C=O) groups is 1. The number of hydrogen-bond donors (Lipinski definition) is 0. The number of methoxy groups -OCH3 is 3. The molecule has 0 unspecified atom stereocenters. The minimum Gasteiger partial charge on any atom is -0.493 e. The molecule has 0 fully saturated rings. The molecular formula is C18H19NO7. The van der Waals surface area contributed by atoms with E-state index in [1.54, 1.807) is 25.1 Å². The van der Waals surface area contributed by atoms with Gasteiger partial charge in [0.2, 0.25) is 11.5 Å². The van der Waals surface area contributed by atoms with Gasteiger partial charge in [-0.2, -0.15) is 0 Å². The van der Waals surface area contributed by atoms with Crippen molar-refractivity contribution < 1.29 is 28.7 Å². The molecule has 8 heteroatoms. The normalized spacial score (nSPS) is 10.2. The van der Waals surface area contributed by atoms with Crippen molar-refractivity contribution in [3.63, 3.8) is 0 Å². The molecule has 2 aromatic carbocycles. The van der Waals surface area contributed by atoms with E-state index in [1.807, 2.05) is 0 Å². The molecule has 0 aromatic heterocycles. The molecule has 0 bridgehead atoms. The molecule has 0 saturated carbocycles. The summed E-state index contributed by atoms with van der Waals surface area (Å²) in [7, 11) is 4.41. The molecule has 2 rings (SSSR count). The van der Waals surface area contributed by atoms with Crippen molar-refractivity contribution in [1.29, 1.82) is 0 Å². The number of benzene rings is 2. The predicted molar refractivity (Wildman–Crippen MR) is 93.3 cm³/mol. The van der Waals surface area contributed by atoms with Crippen LogP contribution in [-0.4, -0.2) is 32.2 Å². The van der Waals surface area contributed by atoms with E-state index < -0.39 is 10.9 Å². The molecule has 0 amide bonds. The van der Waals surface area contributed by atoms with Crippen LogP contribution in [0.25, 0.3) is 0 Å². The Morgan fingerprint density at radius 3 is 2.12 bits per heavy atom. The van der Waals surface area contributed by atoms with Gasteiger partial charge in [-0.3, -0.25) is 14.9 Å². The molecule has 138 valence electrons. The molecular weight excluding hydrogens is 342 g/mol. The highest BCUT2D eigenvalue weighted by molar-refractivity contribution is 5.77. The maximum atomic E-state index is 12.3. The summed E-state index contributed by atoms with van der Waals surface area (Å²) < 4.78 is 20.9. The fraction of sp³-hybridized carbons (Fsp3) is 0.278. The summed E-state index contributed by atoms with van der Waals surface area (Å²) in [6.45, 7) is 1.75. The van der Waals surface area contributed by atoms with E-state index in [0.717, 1.165) is 5.56 Å². The zero-order valence-corrected chi connectivity index (χ0v) is 14.9. The number of aryl methyl sites for hydroxylation is 1. The molecule has 26 heavy (non-hydrogen) atoms. The smallest absolute Gasteiger partial charge is 0.315 e. The molecule has 0 heterocycles. The molecule has 0 aliphatic heterocycles. The number of carbonyl (C=O) groups excluding carboxylic acids is 1. The predicted octanol–water partition coefficient (Wildman–Crippen LogP) is 3.08. The van der Waals surface area contributed by atoms with Crippen molar-refractivity contribution in [1.82, 2.24) is 0 Å². The largest absolute Gasteiger partial charge is 0.493 e. The van der Waals surface area contributed by atoms with Crippen molar-refractivity contribution in [3.8, 4) is 23.0 Å². The number of rotatable bonds is 7. The summed E-state index contributed by atoms with van der Waals surface area (Å²) in [5.74, 6) is 0.467. The second-order valence-corrected chi connectivity index (χ2v) is 5.41. The van der Waals surface area contributed by atoms with E-state index in [0.29, 0.717) is 22.8 Å². The van der Waals surface area contributed by atoms with Crippen LogP contribution < -0.4 is 18.9 Å². The Hall–Kier alpha value is -3.29. The monoisotopic (exact) mass is 361 g/mol. The van der Waals surface area contributed by atoms with Gasteiger partial charge in [0, 0.05) is 6.07 Å². The average molecular weight is 361 g/mol. The van der Waals surface area contributed by atoms with Gasteiger partial charge in [0.15, 0.2) is 11.5 Å². The first kappa shape index (κ1) is 19.0. The third-order valence-corrected chi connectivity index (χ3v) is 3.61. The third kappa shape index (κ3) is 4.21. The SMILES string of the molecule is COc1cc(CC(=O)Oc2cc(C)ccc2[N+](=O)[O-])cc(OC)c1OC. The quantitative estimate of drug-likeness (QED) is 0.323. The van der Waals surface area contributed by atoms with E-state index in [2.05, 4.69) is 0 Å². The summed E-state index contributed by atoms with van der Waals surface area (Å²) in [5, 5.41) is 11.1. The highest BCUT2D eigenvalue weighted by Crippen LogP contribution is 2.38. The lowest BCUT2D eigenvalue weighted by molar-refractivity contribution is -0.385. The standard InChI is InChI=1S/C18H19NO7/c1-11-5-6-13(19(21)22)14(7-11)26-17(20)10-12-8-15(23-2)18(25-4)16(9-12)24-3/h5-9H,10H2,1-4H3. The van der Waals surface area contributed by atoms with Gasteiger partial charge < -0.3 is 18.9 Å². The molecule has 2 aromatic rings. The maximum absolute atomic E-state index is 12.3. The van der Waals surface area contributed by atoms with Crippen molar-refractivity contribution >= 4 is 11.7 Å². The second-order valence-electron chi connectivity index (χ2n) is 5.41. The van der Waals surface area contributed by atoms with Gasteiger partial charge in [-0.15, -0.1) is 0 Å². The van der Waals surface area contributed by atoms with Crippen molar-refractivity contribution in [2.75, 3.05) is 21.3 Å². The first-order valence-corrected chi connectivity index (χ1v) is 7.64. The van der Waals surface area contributed by atoms with Gasteiger partial charge in [-0.1, -0.05) is 6.07 Å². The van der Waals surface area contributed by atoms with Crippen LogP contribution in [0.15, 0.2) is 30.3 Å². The molecule has 0 radical (unpaired) electrons. The fourth-order valence-corrected chi connectivity index (χ4v) is 2.42. The van der Waals surface area contributed by atoms with Crippen LogP contribution in [-0.2, 0) is 11.2 Å². The lowest BCUT2D eigenvalue weighted by atomic mass is 10.1. The summed E-state index contributed by atoms with van der Waals surface area (Å²) in [6, 6.07) is 7.57. The molecule has 0 aliphatic carbocycles. The number of hydrogen-bond acceptors (Lipinski definition) is 7.